The zero-order valence-corrected chi connectivity index (χ0v) is 22.3. The number of carboxylic acids is 1. The molecule has 3 aromatic rings. The number of nitrogens with zero attached hydrogens (tertiary/aromatic N) is 1. The van der Waals surface area contributed by atoms with Crippen LogP contribution < -0.4 is 10.1 Å². The maximum Gasteiger partial charge on any atom is 0.326 e. The van der Waals surface area contributed by atoms with Gasteiger partial charge in [0.05, 0.1) is 18.6 Å². The molecule has 7 nitrogen and oxygen atoms in total. The average Bonchev–Trinajstić information content (AvgIpc) is 2.94. The summed E-state index contributed by atoms with van der Waals surface area (Å²) < 4.78 is 5.31. The van der Waals surface area contributed by atoms with Crippen molar-refractivity contribution < 1.29 is 24.2 Å². The zero-order chi connectivity index (χ0) is 27.2. The summed E-state index contributed by atoms with van der Waals surface area (Å²) in [7, 11) is 1.50. The minimum absolute atomic E-state index is 0.112. The van der Waals surface area contributed by atoms with Gasteiger partial charge in [0.15, 0.2) is 0 Å². The number of methoxy groups -OCH3 is 1. The number of aliphatic carboxylic acids is 1. The van der Waals surface area contributed by atoms with Crippen molar-refractivity contribution in [3.63, 3.8) is 0 Å². The summed E-state index contributed by atoms with van der Waals surface area (Å²) in [4.78, 5) is 39.8. The third-order valence-corrected chi connectivity index (χ3v) is 7.23. The molecule has 1 unspecified atom stereocenters. The fourth-order valence-corrected chi connectivity index (χ4v) is 5.03. The Kier molecular flexibility index (Phi) is 8.92. The van der Waals surface area contributed by atoms with Gasteiger partial charge in [-0.15, -0.1) is 0 Å². The highest BCUT2D eigenvalue weighted by atomic mass is 35.5. The van der Waals surface area contributed by atoms with E-state index < -0.39 is 17.9 Å². The second kappa shape index (κ2) is 12.3. The third-order valence-electron chi connectivity index (χ3n) is 6.66. The zero-order valence-electron chi connectivity index (χ0n) is 20.8. The predicted octanol–water partition coefficient (Wildman–Crippen LogP) is 5.33. The molecule has 0 spiro atoms. The Bertz CT molecular complexity index is 1330. The lowest BCUT2D eigenvalue weighted by Crippen LogP contribution is -2.50. The Balaban J connectivity index is 1.41. The van der Waals surface area contributed by atoms with Gasteiger partial charge in [-0.3, -0.25) is 9.59 Å². The topological polar surface area (TPSA) is 95.9 Å². The van der Waals surface area contributed by atoms with Crippen molar-refractivity contribution in [1.82, 2.24) is 10.2 Å². The fourth-order valence-electron chi connectivity index (χ4n) is 4.63. The van der Waals surface area contributed by atoms with Crippen molar-refractivity contribution >= 4 is 41.0 Å². The normalized spacial score (nSPS) is 16.0. The molecular weight excluding hydrogens is 527 g/mol. The fraction of sp³-hybridized carbons (Fsp3) is 0.276. The summed E-state index contributed by atoms with van der Waals surface area (Å²) in [5.74, 6) is -1.75. The monoisotopic (exact) mass is 554 g/mol. The number of para-hydroxylation sites is 1. The van der Waals surface area contributed by atoms with E-state index in [4.69, 9.17) is 27.9 Å². The molecule has 198 valence electrons. The highest BCUT2D eigenvalue weighted by molar-refractivity contribution is 6.35. The Hall–Kier alpha value is -3.55. The van der Waals surface area contributed by atoms with Crippen LogP contribution >= 0.6 is 23.2 Å². The number of hydrogen-bond acceptors (Lipinski definition) is 4. The van der Waals surface area contributed by atoms with Gasteiger partial charge in [-0.25, -0.2) is 4.79 Å². The third kappa shape index (κ3) is 6.47. The number of amides is 2. The summed E-state index contributed by atoms with van der Waals surface area (Å²) in [6.07, 6.45) is 1.33. The first-order valence-electron chi connectivity index (χ1n) is 12.3. The number of nitrogens with one attached hydrogen (secondary N) is 1. The second-order valence-electron chi connectivity index (χ2n) is 9.22. The number of halogens is 2. The second-order valence-corrected chi connectivity index (χ2v) is 10.1. The minimum atomic E-state index is -1.13. The lowest BCUT2D eigenvalue weighted by Gasteiger charge is -2.33. The maximum absolute atomic E-state index is 13.1. The summed E-state index contributed by atoms with van der Waals surface area (Å²) in [6.45, 7) is 0.732. The van der Waals surface area contributed by atoms with Gasteiger partial charge in [-0.1, -0.05) is 59.6 Å². The standard InChI is InChI=1S/C29H28Cl2N2O5/c1-38-26-7-3-2-6-22(26)28(35)33-14-4-5-20(17-33)27(34)32-25(29(36)37)15-18-8-10-19(11-9-18)23-16-21(30)12-13-24(23)31/h2-3,6-13,16,20,25H,4-5,14-15,17H2,1H3,(H,32,34)(H,36,37)/t20?,25-/m0/s1. The van der Waals surface area contributed by atoms with E-state index in [2.05, 4.69) is 5.32 Å². The van der Waals surface area contributed by atoms with E-state index in [9.17, 15) is 19.5 Å². The molecular formula is C29H28Cl2N2O5. The van der Waals surface area contributed by atoms with Crippen molar-refractivity contribution in [1.29, 1.82) is 0 Å². The number of piperidine rings is 1. The lowest BCUT2D eigenvalue weighted by molar-refractivity contribution is -0.142. The lowest BCUT2D eigenvalue weighted by atomic mass is 9.95. The van der Waals surface area contributed by atoms with Crippen LogP contribution in [-0.2, 0) is 16.0 Å². The van der Waals surface area contributed by atoms with Crippen molar-refractivity contribution in [2.45, 2.75) is 25.3 Å². The van der Waals surface area contributed by atoms with Crippen LogP contribution in [0, 0.1) is 5.92 Å². The number of hydrogen-bond donors (Lipinski definition) is 2. The maximum atomic E-state index is 13.1. The summed E-state index contributed by atoms with van der Waals surface area (Å²) in [5, 5.41) is 13.6. The highest BCUT2D eigenvalue weighted by Crippen LogP contribution is 2.31. The predicted molar refractivity (Wildman–Crippen MR) is 147 cm³/mol. The number of carbonyl (C=O) groups excluding carboxylic acids is 2. The van der Waals surface area contributed by atoms with E-state index in [1.54, 1.807) is 47.4 Å². The van der Waals surface area contributed by atoms with Crippen LogP contribution in [0.15, 0.2) is 66.7 Å². The minimum Gasteiger partial charge on any atom is -0.496 e. The first-order valence-corrected chi connectivity index (χ1v) is 13.0. The van der Waals surface area contributed by atoms with Crippen LogP contribution in [0.1, 0.15) is 28.8 Å². The van der Waals surface area contributed by atoms with Gasteiger partial charge < -0.3 is 20.1 Å². The number of carboxylic acid groups (broad SMARTS) is 1. The van der Waals surface area contributed by atoms with Gasteiger partial charge in [0.1, 0.15) is 11.8 Å². The SMILES string of the molecule is COc1ccccc1C(=O)N1CCCC(C(=O)N[C@@H](Cc2ccc(-c3cc(Cl)ccc3Cl)cc2)C(=O)O)C1. The van der Waals surface area contributed by atoms with Crippen molar-refractivity contribution in [2.24, 2.45) is 5.92 Å². The molecule has 1 heterocycles. The molecule has 9 heteroatoms. The molecule has 1 aliphatic heterocycles. The molecule has 0 radical (unpaired) electrons. The molecule has 1 saturated heterocycles. The molecule has 0 saturated carbocycles. The van der Waals surface area contributed by atoms with Crippen molar-refractivity contribution in [2.75, 3.05) is 20.2 Å². The van der Waals surface area contributed by atoms with Crippen LogP contribution in [0.2, 0.25) is 10.0 Å². The summed E-state index contributed by atoms with van der Waals surface area (Å²) in [5.41, 5.74) is 2.80. The number of rotatable bonds is 8. The van der Waals surface area contributed by atoms with E-state index in [1.165, 1.54) is 7.11 Å². The number of benzene rings is 3. The van der Waals surface area contributed by atoms with Crippen molar-refractivity contribution in [3.8, 4) is 16.9 Å². The van der Waals surface area contributed by atoms with Gasteiger partial charge in [-0.05, 0) is 54.3 Å². The van der Waals surface area contributed by atoms with Crippen LogP contribution in [0.3, 0.4) is 0 Å². The van der Waals surface area contributed by atoms with E-state index in [0.717, 1.165) is 16.7 Å². The molecule has 2 atom stereocenters. The largest absolute Gasteiger partial charge is 0.496 e. The van der Waals surface area contributed by atoms with Gasteiger partial charge in [0.25, 0.3) is 5.91 Å². The molecule has 1 fully saturated rings. The van der Waals surface area contributed by atoms with Crippen LogP contribution in [-0.4, -0.2) is 54.0 Å². The molecule has 0 aliphatic carbocycles. The van der Waals surface area contributed by atoms with Crippen LogP contribution in [0.5, 0.6) is 5.75 Å². The summed E-state index contributed by atoms with van der Waals surface area (Å²) in [6, 6.07) is 18.4. The highest BCUT2D eigenvalue weighted by Gasteiger charge is 2.32. The Labute approximate surface area is 231 Å². The van der Waals surface area contributed by atoms with Crippen LogP contribution in [0.25, 0.3) is 11.1 Å². The molecule has 1 aliphatic rings. The average molecular weight is 555 g/mol. The smallest absolute Gasteiger partial charge is 0.326 e. The first kappa shape index (κ1) is 27.5. The van der Waals surface area contributed by atoms with E-state index >= 15 is 0 Å². The Morgan fingerprint density at radius 1 is 1.08 bits per heavy atom. The van der Waals surface area contributed by atoms with Gasteiger partial charge >= 0.3 is 5.97 Å². The van der Waals surface area contributed by atoms with E-state index in [-0.39, 0.29) is 24.8 Å². The quantitative estimate of drug-likeness (QED) is 0.392. The van der Waals surface area contributed by atoms with Crippen LogP contribution in [0.4, 0.5) is 0 Å². The number of carbonyl (C=O) groups is 3. The van der Waals surface area contributed by atoms with E-state index in [1.807, 2.05) is 24.3 Å². The number of ether oxygens (including phenoxy) is 1. The molecule has 2 amide bonds. The van der Waals surface area contributed by atoms with Crippen molar-refractivity contribution in [3.05, 3.63) is 87.9 Å². The molecule has 4 rings (SSSR count). The van der Waals surface area contributed by atoms with Gasteiger partial charge in [0, 0.05) is 35.1 Å². The number of likely N-dealkylation sites (tertiary alicyclic amines) is 1. The summed E-state index contributed by atoms with van der Waals surface area (Å²) >= 11 is 12.4. The van der Waals surface area contributed by atoms with Gasteiger partial charge in [0.2, 0.25) is 5.91 Å². The van der Waals surface area contributed by atoms with Gasteiger partial charge in [-0.2, -0.15) is 0 Å². The first-order chi connectivity index (χ1) is 18.3. The molecule has 0 aromatic heterocycles. The molecule has 3 aromatic carbocycles. The molecule has 38 heavy (non-hydrogen) atoms. The molecule has 0 bridgehead atoms. The Morgan fingerprint density at radius 2 is 1.82 bits per heavy atom. The molecule has 2 N–H and O–H groups in total. The van der Waals surface area contributed by atoms with E-state index in [0.29, 0.717) is 40.7 Å². The Morgan fingerprint density at radius 3 is 2.53 bits per heavy atom.